The Labute approximate surface area is 231 Å². The number of thiazole rings is 1. The van der Waals surface area contributed by atoms with Gasteiger partial charge in [0.05, 0.1) is 27.8 Å². The molecule has 10 heteroatoms. The Balaban J connectivity index is 1.34. The number of nitrogens with one attached hydrogen (secondary N) is 1. The lowest BCUT2D eigenvalue weighted by atomic mass is 9.88. The van der Waals surface area contributed by atoms with Gasteiger partial charge in [-0.1, -0.05) is 36.4 Å². The van der Waals surface area contributed by atoms with E-state index in [-0.39, 0.29) is 11.5 Å². The highest BCUT2D eigenvalue weighted by molar-refractivity contribution is 7.91. The molecule has 0 fully saturated rings. The summed E-state index contributed by atoms with van der Waals surface area (Å²) < 4.78 is 32.2. The minimum atomic E-state index is -3.88. The predicted octanol–water partition coefficient (Wildman–Crippen LogP) is 5.01. The molecule has 3 heterocycles. The topological polar surface area (TPSA) is 118 Å². The Morgan fingerprint density at radius 3 is 2.56 bits per heavy atom. The Bertz CT molecular complexity index is 1590. The van der Waals surface area contributed by atoms with Crippen molar-refractivity contribution in [3.05, 3.63) is 89.3 Å². The maximum Gasteiger partial charge on any atom is 0.265 e. The van der Waals surface area contributed by atoms with Gasteiger partial charge in [-0.05, 0) is 56.5 Å². The van der Waals surface area contributed by atoms with Gasteiger partial charge in [0, 0.05) is 40.7 Å². The number of rotatable bonds is 6. The van der Waals surface area contributed by atoms with Crippen molar-refractivity contribution < 1.29 is 23.1 Å². The van der Waals surface area contributed by atoms with Crippen LogP contribution < -0.4 is 9.46 Å². The highest BCUT2D eigenvalue weighted by Crippen LogP contribution is 2.40. The first kappa shape index (κ1) is 27.0. The second-order valence-electron chi connectivity index (χ2n) is 10.5. The molecule has 2 atom stereocenters. The fourth-order valence-electron chi connectivity index (χ4n) is 4.36. The summed E-state index contributed by atoms with van der Waals surface area (Å²) >= 11 is 1.56. The molecule has 39 heavy (non-hydrogen) atoms. The standard InChI is InChI=1S/C29H29N3O5S2/c1-29(2,3)39(35,36)32-28(34)23-7-5-4-6-22(23)18-9-11-24-25(13-18)37-16-20(27(24)33)12-21-10-8-19(14-31-21)26-15-30-17-38-26/h4-11,13-15,17,20,27,33H,12,16H2,1-3H3,(H,32,34)/t20-,27+/m0/s1. The lowest BCUT2D eigenvalue weighted by Crippen LogP contribution is -2.42. The molecule has 2 aromatic heterocycles. The number of carbonyl (C=O) groups is 1. The summed E-state index contributed by atoms with van der Waals surface area (Å²) in [7, 11) is -3.88. The van der Waals surface area contributed by atoms with E-state index in [1.807, 2.05) is 24.5 Å². The molecule has 2 N–H and O–H groups in total. The smallest absolute Gasteiger partial charge is 0.265 e. The molecule has 1 amide bonds. The van der Waals surface area contributed by atoms with Crippen LogP contribution in [0.1, 0.15) is 48.5 Å². The van der Waals surface area contributed by atoms with E-state index in [0.29, 0.717) is 35.5 Å². The van der Waals surface area contributed by atoms with Crippen LogP contribution in [0.5, 0.6) is 5.75 Å². The fraction of sp³-hybridized carbons (Fsp3) is 0.276. The van der Waals surface area contributed by atoms with E-state index < -0.39 is 26.8 Å². The first-order valence-electron chi connectivity index (χ1n) is 12.5. The number of sulfonamides is 1. The molecule has 0 aliphatic carbocycles. The van der Waals surface area contributed by atoms with Crippen LogP contribution in [-0.2, 0) is 16.4 Å². The number of fused-ring (bicyclic) bond motifs is 1. The van der Waals surface area contributed by atoms with E-state index in [4.69, 9.17) is 4.74 Å². The highest BCUT2D eigenvalue weighted by atomic mass is 32.2. The first-order chi connectivity index (χ1) is 18.5. The van der Waals surface area contributed by atoms with Gasteiger partial charge in [0.15, 0.2) is 0 Å². The molecule has 0 spiro atoms. The number of ether oxygens (including phenoxy) is 1. The van der Waals surface area contributed by atoms with E-state index >= 15 is 0 Å². The quantitative estimate of drug-likeness (QED) is 0.338. The zero-order chi connectivity index (χ0) is 27.8. The second kappa shape index (κ2) is 10.5. The Hall–Kier alpha value is -3.60. The molecule has 2 aromatic carbocycles. The fourth-order valence-corrected chi connectivity index (χ4v) is 5.64. The number of hydrogen-bond acceptors (Lipinski definition) is 8. The number of nitrogens with zero attached hydrogens (tertiary/aromatic N) is 2. The van der Waals surface area contributed by atoms with Gasteiger partial charge >= 0.3 is 0 Å². The van der Waals surface area contributed by atoms with Gasteiger partial charge in [0.25, 0.3) is 5.91 Å². The lowest BCUT2D eigenvalue weighted by Gasteiger charge is -2.30. The van der Waals surface area contributed by atoms with Crippen LogP contribution in [0.3, 0.4) is 0 Å². The van der Waals surface area contributed by atoms with Gasteiger partial charge in [-0.3, -0.25) is 14.8 Å². The summed E-state index contributed by atoms with van der Waals surface area (Å²) in [5.41, 5.74) is 5.78. The molecule has 0 bridgehead atoms. The molecule has 1 aliphatic heterocycles. The third kappa shape index (κ3) is 5.59. The maximum absolute atomic E-state index is 13.0. The molecule has 0 saturated carbocycles. The number of amides is 1. The van der Waals surface area contributed by atoms with Crippen molar-refractivity contribution in [3.8, 4) is 27.3 Å². The minimum Gasteiger partial charge on any atom is -0.493 e. The van der Waals surface area contributed by atoms with Gasteiger partial charge in [0.2, 0.25) is 10.0 Å². The van der Waals surface area contributed by atoms with Crippen molar-refractivity contribution in [2.45, 2.75) is 38.0 Å². The largest absolute Gasteiger partial charge is 0.493 e. The Morgan fingerprint density at radius 2 is 1.87 bits per heavy atom. The van der Waals surface area contributed by atoms with Gasteiger partial charge in [-0.2, -0.15) is 0 Å². The molecular formula is C29H29N3O5S2. The molecule has 202 valence electrons. The number of benzene rings is 2. The van der Waals surface area contributed by atoms with Crippen LogP contribution in [0.2, 0.25) is 0 Å². The summed E-state index contributed by atoms with van der Waals surface area (Å²) in [6.45, 7) is 4.90. The summed E-state index contributed by atoms with van der Waals surface area (Å²) in [5, 5.41) is 11.2. The van der Waals surface area contributed by atoms with Crippen LogP contribution in [-0.4, -0.2) is 40.8 Å². The zero-order valence-electron chi connectivity index (χ0n) is 21.8. The number of aromatic nitrogens is 2. The first-order valence-corrected chi connectivity index (χ1v) is 14.8. The van der Waals surface area contributed by atoms with E-state index in [1.54, 1.807) is 59.3 Å². The van der Waals surface area contributed by atoms with Gasteiger partial charge < -0.3 is 9.84 Å². The molecule has 8 nitrogen and oxygen atoms in total. The Kier molecular flexibility index (Phi) is 7.28. The lowest BCUT2D eigenvalue weighted by molar-refractivity contribution is 0.0503. The van der Waals surface area contributed by atoms with Crippen molar-refractivity contribution in [2.75, 3.05) is 6.61 Å². The summed E-state index contributed by atoms with van der Waals surface area (Å²) in [5.74, 6) is -0.346. The molecule has 0 saturated heterocycles. The number of aliphatic hydroxyl groups is 1. The highest BCUT2D eigenvalue weighted by Gasteiger charge is 2.32. The average molecular weight is 564 g/mol. The number of aliphatic hydroxyl groups excluding tert-OH is 1. The van der Waals surface area contributed by atoms with Crippen LogP contribution in [0.4, 0.5) is 0 Å². The SMILES string of the molecule is CC(C)(C)S(=O)(=O)NC(=O)c1ccccc1-c1ccc2c(c1)OC[C@H](Cc1ccc(-c3cncs3)cn1)[C@H]2O. The van der Waals surface area contributed by atoms with E-state index in [9.17, 15) is 18.3 Å². The van der Waals surface area contributed by atoms with Crippen molar-refractivity contribution in [1.29, 1.82) is 0 Å². The number of pyridine rings is 1. The van der Waals surface area contributed by atoms with Gasteiger partial charge in [-0.25, -0.2) is 13.1 Å². The number of hydrogen-bond donors (Lipinski definition) is 2. The minimum absolute atomic E-state index is 0.175. The monoisotopic (exact) mass is 563 g/mol. The molecular weight excluding hydrogens is 534 g/mol. The maximum atomic E-state index is 13.0. The summed E-state index contributed by atoms with van der Waals surface area (Å²) in [4.78, 5) is 22.7. The van der Waals surface area contributed by atoms with Crippen molar-refractivity contribution in [1.82, 2.24) is 14.7 Å². The predicted molar refractivity (Wildman–Crippen MR) is 151 cm³/mol. The van der Waals surface area contributed by atoms with E-state index in [0.717, 1.165) is 16.1 Å². The molecule has 4 aromatic rings. The third-order valence-corrected chi connectivity index (χ3v) is 9.65. The Morgan fingerprint density at radius 1 is 1.10 bits per heavy atom. The average Bonchev–Trinajstić information content (AvgIpc) is 3.45. The van der Waals surface area contributed by atoms with Crippen molar-refractivity contribution in [2.24, 2.45) is 5.92 Å². The normalized spacial score (nSPS) is 17.2. The van der Waals surface area contributed by atoms with Crippen LogP contribution >= 0.6 is 11.3 Å². The van der Waals surface area contributed by atoms with Crippen LogP contribution in [0.15, 0.2) is 72.5 Å². The molecule has 0 unspecified atom stereocenters. The summed E-state index contributed by atoms with van der Waals surface area (Å²) in [6, 6.07) is 16.1. The molecule has 0 radical (unpaired) electrons. The van der Waals surface area contributed by atoms with Crippen molar-refractivity contribution in [3.63, 3.8) is 0 Å². The van der Waals surface area contributed by atoms with Gasteiger partial charge in [0.1, 0.15) is 5.75 Å². The third-order valence-electron chi connectivity index (χ3n) is 6.76. The van der Waals surface area contributed by atoms with Crippen molar-refractivity contribution >= 4 is 27.3 Å². The summed E-state index contributed by atoms with van der Waals surface area (Å²) in [6.07, 6.45) is 3.43. The van der Waals surface area contributed by atoms with Crippen LogP contribution in [0, 0.1) is 5.92 Å². The molecule has 5 rings (SSSR count). The molecule has 1 aliphatic rings. The van der Waals surface area contributed by atoms with Crippen LogP contribution in [0.25, 0.3) is 21.6 Å². The second-order valence-corrected chi connectivity index (χ2v) is 13.8. The van der Waals surface area contributed by atoms with E-state index in [2.05, 4.69) is 14.7 Å². The van der Waals surface area contributed by atoms with E-state index in [1.165, 1.54) is 20.8 Å². The zero-order valence-corrected chi connectivity index (χ0v) is 23.4. The number of carbonyl (C=O) groups excluding carboxylic acids is 1. The van der Waals surface area contributed by atoms with Gasteiger partial charge in [-0.15, -0.1) is 11.3 Å².